The molecule has 3 aromatic rings. The summed E-state index contributed by atoms with van der Waals surface area (Å²) in [6.07, 6.45) is 6.62. The van der Waals surface area contributed by atoms with Gasteiger partial charge in [-0.2, -0.15) is 5.10 Å². The van der Waals surface area contributed by atoms with Crippen LogP contribution in [-0.2, 0) is 5.60 Å². The molecule has 2 aliphatic heterocycles. The summed E-state index contributed by atoms with van der Waals surface area (Å²) in [4.78, 5) is 20.5. The van der Waals surface area contributed by atoms with Crippen molar-refractivity contribution in [3.05, 3.63) is 46.0 Å². The Balaban J connectivity index is 1.39. The summed E-state index contributed by atoms with van der Waals surface area (Å²) >= 11 is 3.06. The molecule has 26 heavy (non-hydrogen) atoms. The molecule has 1 amide bonds. The monoisotopic (exact) mass is 386 g/mol. The standard InChI is InChI=1S/C18H18N4O2S2/c23-17(11-3-15(26-8-11)12-6-20-21-7-12)22-13-1-2-14(22)5-18(24,4-13)16-9-25-10-19-16/h3,6-10,13-14,24H,1-2,4-5H2,(H,20,21). The molecule has 2 fully saturated rings. The summed E-state index contributed by atoms with van der Waals surface area (Å²) in [5, 5.41) is 21.7. The molecule has 2 unspecified atom stereocenters. The summed E-state index contributed by atoms with van der Waals surface area (Å²) in [6.45, 7) is 0. The third-order valence-corrected chi connectivity index (χ3v) is 7.11. The fraction of sp³-hybridized carbons (Fsp3) is 0.389. The Hall–Kier alpha value is -2.03. The molecule has 8 heteroatoms. The zero-order chi connectivity index (χ0) is 17.7. The number of piperidine rings is 1. The van der Waals surface area contributed by atoms with Crippen molar-refractivity contribution in [1.82, 2.24) is 20.1 Å². The van der Waals surface area contributed by atoms with Crippen LogP contribution in [0, 0.1) is 0 Å². The molecule has 3 aromatic heterocycles. The number of amides is 1. The van der Waals surface area contributed by atoms with Crippen molar-refractivity contribution >= 4 is 28.6 Å². The van der Waals surface area contributed by atoms with Crippen LogP contribution >= 0.6 is 22.7 Å². The minimum absolute atomic E-state index is 0.0730. The van der Waals surface area contributed by atoms with Crippen LogP contribution < -0.4 is 0 Å². The van der Waals surface area contributed by atoms with Gasteiger partial charge in [-0.05, 0) is 18.9 Å². The Kier molecular flexibility index (Phi) is 3.73. The molecule has 2 atom stereocenters. The lowest BCUT2D eigenvalue weighted by atomic mass is 9.83. The molecule has 0 aromatic carbocycles. The van der Waals surface area contributed by atoms with E-state index in [1.165, 1.54) is 11.3 Å². The van der Waals surface area contributed by atoms with Crippen molar-refractivity contribution in [2.75, 3.05) is 0 Å². The van der Waals surface area contributed by atoms with Gasteiger partial charge in [0.25, 0.3) is 5.91 Å². The molecule has 5 heterocycles. The highest BCUT2D eigenvalue weighted by atomic mass is 32.1. The molecule has 134 valence electrons. The second kappa shape index (κ2) is 6.00. The van der Waals surface area contributed by atoms with Crippen molar-refractivity contribution in [2.24, 2.45) is 0 Å². The van der Waals surface area contributed by atoms with Gasteiger partial charge in [0.2, 0.25) is 0 Å². The first kappa shape index (κ1) is 16.2. The van der Waals surface area contributed by atoms with Gasteiger partial charge in [-0.3, -0.25) is 9.89 Å². The number of aromatic amines is 1. The quantitative estimate of drug-likeness (QED) is 0.724. The van der Waals surface area contributed by atoms with Crippen LogP contribution in [0.5, 0.6) is 0 Å². The Bertz CT molecular complexity index is 905. The molecule has 0 saturated carbocycles. The lowest BCUT2D eigenvalue weighted by Crippen LogP contribution is -2.52. The number of aromatic nitrogens is 3. The molecule has 2 saturated heterocycles. The number of hydrogen-bond donors (Lipinski definition) is 2. The molecule has 0 aliphatic carbocycles. The van der Waals surface area contributed by atoms with E-state index in [2.05, 4.69) is 15.2 Å². The zero-order valence-corrected chi connectivity index (χ0v) is 15.6. The summed E-state index contributed by atoms with van der Waals surface area (Å²) in [6, 6.07) is 2.09. The van der Waals surface area contributed by atoms with Gasteiger partial charge in [-0.15, -0.1) is 22.7 Å². The Labute approximate surface area is 158 Å². The van der Waals surface area contributed by atoms with Crippen molar-refractivity contribution in [3.8, 4) is 10.4 Å². The molecule has 2 bridgehead atoms. The van der Waals surface area contributed by atoms with Crippen LogP contribution in [0.15, 0.2) is 34.7 Å². The fourth-order valence-electron chi connectivity index (χ4n) is 4.34. The number of thiophene rings is 1. The van der Waals surface area contributed by atoms with Gasteiger partial charge < -0.3 is 10.0 Å². The number of nitrogens with one attached hydrogen (secondary N) is 1. The SMILES string of the molecule is O=C(c1csc(-c2cn[nH]c2)c1)N1C2CCC1CC(O)(c1cscn1)C2. The van der Waals surface area contributed by atoms with E-state index in [0.29, 0.717) is 12.8 Å². The number of H-pyrrole nitrogens is 1. The van der Waals surface area contributed by atoms with E-state index in [1.54, 1.807) is 23.0 Å². The van der Waals surface area contributed by atoms with Gasteiger partial charge >= 0.3 is 0 Å². The molecule has 2 N–H and O–H groups in total. The lowest BCUT2D eigenvalue weighted by Gasteiger charge is -2.43. The lowest BCUT2D eigenvalue weighted by molar-refractivity contribution is -0.0504. The average molecular weight is 387 g/mol. The maximum atomic E-state index is 13.2. The molecule has 0 spiro atoms. The van der Waals surface area contributed by atoms with Crippen LogP contribution in [0.2, 0.25) is 0 Å². The van der Waals surface area contributed by atoms with Crippen LogP contribution in [0.4, 0.5) is 0 Å². The van der Waals surface area contributed by atoms with Crippen molar-refractivity contribution in [2.45, 2.75) is 43.4 Å². The summed E-state index contributed by atoms with van der Waals surface area (Å²) in [7, 11) is 0. The largest absolute Gasteiger partial charge is 0.383 e. The molecule has 2 aliphatic rings. The predicted molar refractivity (Wildman–Crippen MR) is 100 cm³/mol. The maximum Gasteiger partial charge on any atom is 0.255 e. The van der Waals surface area contributed by atoms with E-state index >= 15 is 0 Å². The van der Waals surface area contributed by atoms with Gasteiger partial charge in [0.15, 0.2) is 0 Å². The third kappa shape index (κ3) is 2.52. The van der Waals surface area contributed by atoms with E-state index in [1.807, 2.05) is 27.9 Å². The highest BCUT2D eigenvalue weighted by molar-refractivity contribution is 7.13. The predicted octanol–water partition coefficient (Wildman–Crippen LogP) is 3.25. The topological polar surface area (TPSA) is 82.1 Å². The third-order valence-electron chi connectivity index (χ3n) is 5.54. The number of hydrogen-bond acceptors (Lipinski definition) is 6. The van der Waals surface area contributed by atoms with Crippen molar-refractivity contribution < 1.29 is 9.90 Å². The molecular weight excluding hydrogens is 368 g/mol. The number of carbonyl (C=O) groups is 1. The van der Waals surface area contributed by atoms with E-state index in [4.69, 9.17) is 0 Å². The smallest absolute Gasteiger partial charge is 0.255 e. The highest BCUT2D eigenvalue weighted by Gasteiger charge is 2.50. The Morgan fingerprint density at radius 3 is 2.77 bits per heavy atom. The maximum absolute atomic E-state index is 13.2. The number of aliphatic hydroxyl groups is 1. The molecule has 6 nitrogen and oxygen atoms in total. The minimum Gasteiger partial charge on any atom is -0.383 e. The molecule has 5 rings (SSSR count). The van der Waals surface area contributed by atoms with Crippen LogP contribution in [0.1, 0.15) is 41.7 Å². The first-order valence-electron chi connectivity index (χ1n) is 8.65. The number of nitrogens with zero attached hydrogens (tertiary/aromatic N) is 3. The van der Waals surface area contributed by atoms with Gasteiger partial charge in [0, 0.05) is 52.3 Å². The molecular formula is C18H18N4O2S2. The van der Waals surface area contributed by atoms with Crippen LogP contribution in [0.25, 0.3) is 10.4 Å². The van der Waals surface area contributed by atoms with E-state index in [9.17, 15) is 9.90 Å². The van der Waals surface area contributed by atoms with Gasteiger partial charge in [-0.1, -0.05) is 0 Å². The Morgan fingerprint density at radius 2 is 2.12 bits per heavy atom. The second-order valence-electron chi connectivity index (χ2n) is 7.10. The summed E-state index contributed by atoms with van der Waals surface area (Å²) < 4.78 is 0. The minimum atomic E-state index is -0.904. The highest BCUT2D eigenvalue weighted by Crippen LogP contribution is 2.46. The number of carbonyl (C=O) groups excluding carboxylic acids is 1. The van der Waals surface area contributed by atoms with E-state index in [-0.39, 0.29) is 18.0 Å². The first-order chi connectivity index (χ1) is 12.6. The van der Waals surface area contributed by atoms with Crippen LogP contribution in [-0.4, -0.2) is 43.2 Å². The van der Waals surface area contributed by atoms with Gasteiger partial charge in [0.05, 0.1) is 23.0 Å². The Morgan fingerprint density at radius 1 is 1.31 bits per heavy atom. The normalized spacial score (nSPS) is 27.8. The second-order valence-corrected chi connectivity index (χ2v) is 8.73. The molecule has 0 radical (unpaired) electrons. The number of rotatable bonds is 3. The van der Waals surface area contributed by atoms with Gasteiger partial charge in [-0.25, -0.2) is 4.98 Å². The van der Waals surface area contributed by atoms with E-state index in [0.717, 1.165) is 34.5 Å². The van der Waals surface area contributed by atoms with Crippen molar-refractivity contribution in [1.29, 1.82) is 0 Å². The van der Waals surface area contributed by atoms with Gasteiger partial charge in [0.1, 0.15) is 5.60 Å². The van der Waals surface area contributed by atoms with Crippen LogP contribution in [0.3, 0.4) is 0 Å². The van der Waals surface area contributed by atoms with E-state index < -0.39 is 5.60 Å². The zero-order valence-electron chi connectivity index (χ0n) is 14.0. The number of thiazole rings is 1. The average Bonchev–Trinajstić information content (AvgIpc) is 3.41. The first-order valence-corrected chi connectivity index (χ1v) is 10.5. The fourth-order valence-corrected chi connectivity index (χ4v) is 5.85. The van der Waals surface area contributed by atoms with Crippen molar-refractivity contribution in [3.63, 3.8) is 0 Å². The number of fused-ring (bicyclic) bond motifs is 2. The summed E-state index contributed by atoms with van der Waals surface area (Å²) in [5.41, 5.74) is 3.33. The summed E-state index contributed by atoms with van der Waals surface area (Å²) in [5.74, 6) is 0.0730.